The predicted octanol–water partition coefficient (Wildman–Crippen LogP) is 1.62. The lowest BCUT2D eigenvalue weighted by Gasteiger charge is -2.13. The molecule has 104 valence electrons. The van der Waals surface area contributed by atoms with Crippen LogP contribution >= 0.6 is 11.6 Å². The highest BCUT2D eigenvalue weighted by molar-refractivity contribution is 6.30. The first kappa shape index (κ1) is 13.1. The van der Waals surface area contributed by atoms with Crippen molar-refractivity contribution in [1.82, 2.24) is 25.1 Å². The number of amides is 1. The Balaban J connectivity index is 1.64. The third kappa shape index (κ3) is 2.80. The number of rotatable bonds is 4. The summed E-state index contributed by atoms with van der Waals surface area (Å²) in [7, 11) is 0. The van der Waals surface area contributed by atoms with Crippen molar-refractivity contribution in [3.05, 3.63) is 29.3 Å². The van der Waals surface area contributed by atoms with Gasteiger partial charge in [-0.15, -0.1) is 10.2 Å². The summed E-state index contributed by atoms with van der Waals surface area (Å²) < 4.78 is 0. The van der Waals surface area contributed by atoms with Crippen LogP contribution in [0.1, 0.15) is 12.8 Å². The molecule has 0 N–H and O–H groups in total. The minimum atomic E-state index is 0.211. The second-order valence-electron chi connectivity index (χ2n) is 4.70. The van der Waals surface area contributed by atoms with Gasteiger partial charge in [-0.3, -0.25) is 4.79 Å². The second kappa shape index (κ2) is 5.58. The summed E-state index contributed by atoms with van der Waals surface area (Å²) in [5.41, 5.74) is 0.873. The highest BCUT2D eigenvalue weighted by Gasteiger charge is 2.19. The molecule has 1 amide bonds. The number of benzene rings is 1. The fourth-order valence-corrected chi connectivity index (χ4v) is 2.33. The molecule has 0 radical (unpaired) electrons. The molecule has 3 rings (SSSR count). The van der Waals surface area contributed by atoms with E-state index in [1.165, 1.54) is 4.80 Å². The van der Waals surface area contributed by atoms with E-state index in [1.807, 2.05) is 17.0 Å². The van der Waals surface area contributed by atoms with E-state index in [1.54, 1.807) is 12.1 Å². The molecule has 0 unspecified atom stereocenters. The van der Waals surface area contributed by atoms with Crippen LogP contribution in [0, 0.1) is 0 Å². The van der Waals surface area contributed by atoms with Crippen LogP contribution in [0.4, 0.5) is 0 Å². The largest absolute Gasteiger partial charge is 0.341 e. The Morgan fingerprint density at radius 1 is 1.20 bits per heavy atom. The van der Waals surface area contributed by atoms with Crippen molar-refractivity contribution in [2.24, 2.45) is 0 Å². The van der Waals surface area contributed by atoms with E-state index in [2.05, 4.69) is 15.4 Å². The summed E-state index contributed by atoms with van der Waals surface area (Å²) in [5, 5.41) is 13.0. The number of hydrogen-bond acceptors (Lipinski definition) is 4. The zero-order chi connectivity index (χ0) is 13.9. The third-order valence-corrected chi connectivity index (χ3v) is 3.55. The average Bonchev–Trinajstić information content (AvgIpc) is 3.06. The van der Waals surface area contributed by atoms with Gasteiger partial charge in [0.25, 0.3) is 0 Å². The lowest BCUT2D eigenvalue weighted by atomic mass is 10.2. The van der Waals surface area contributed by atoms with Gasteiger partial charge < -0.3 is 4.90 Å². The maximum absolute atomic E-state index is 11.5. The van der Waals surface area contributed by atoms with E-state index >= 15 is 0 Å². The molecule has 20 heavy (non-hydrogen) atoms. The average molecular weight is 292 g/mol. The molecule has 7 heteroatoms. The van der Waals surface area contributed by atoms with Gasteiger partial charge in [-0.1, -0.05) is 11.6 Å². The van der Waals surface area contributed by atoms with E-state index in [4.69, 9.17) is 11.6 Å². The van der Waals surface area contributed by atoms with Crippen molar-refractivity contribution >= 4 is 17.5 Å². The molecule has 0 bridgehead atoms. The highest BCUT2D eigenvalue weighted by Crippen LogP contribution is 2.17. The van der Waals surface area contributed by atoms with Crippen molar-refractivity contribution < 1.29 is 4.79 Å². The molecule has 6 nitrogen and oxygen atoms in total. The van der Waals surface area contributed by atoms with Gasteiger partial charge in [0.2, 0.25) is 11.7 Å². The van der Waals surface area contributed by atoms with Crippen molar-refractivity contribution in [2.75, 3.05) is 13.1 Å². The molecule has 1 fully saturated rings. The second-order valence-corrected chi connectivity index (χ2v) is 5.14. The third-order valence-electron chi connectivity index (χ3n) is 3.30. The fraction of sp³-hybridized carbons (Fsp3) is 0.385. The van der Waals surface area contributed by atoms with Gasteiger partial charge in [0, 0.05) is 30.1 Å². The summed E-state index contributed by atoms with van der Waals surface area (Å²) in [5.74, 6) is 0.775. The first-order valence-electron chi connectivity index (χ1n) is 6.54. The topological polar surface area (TPSA) is 63.9 Å². The number of carbonyl (C=O) groups is 1. The summed E-state index contributed by atoms with van der Waals surface area (Å²) in [6, 6.07) is 7.29. The molecule has 0 aliphatic carbocycles. The van der Waals surface area contributed by atoms with Crippen molar-refractivity contribution in [2.45, 2.75) is 19.4 Å². The number of tetrazole rings is 1. The summed E-state index contributed by atoms with van der Waals surface area (Å²) in [4.78, 5) is 14.9. The molecule has 1 aliphatic heterocycles. The Labute approximate surface area is 121 Å². The van der Waals surface area contributed by atoms with Crippen LogP contribution < -0.4 is 0 Å². The Morgan fingerprint density at radius 3 is 2.70 bits per heavy atom. The summed E-state index contributed by atoms with van der Waals surface area (Å²) >= 11 is 5.84. The maximum Gasteiger partial charge on any atom is 0.222 e. The first-order chi connectivity index (χ1) is 9.72. The normalized spacial score (nSPS) is 15.1. The number of aromatic nitrogens is 4. The van der Waals surface area contributed by atoms with Crippen molar-refractivity contribution in [1.29, 1.82) is 0 Å². The molecule has 1 aromatic heterocycles. The minimum Gasteiger partial charge on any atom is -0.341 e. The molecule has 1 saturated heterocycles. The van der Waals surface area contributed by atoms with Gasteiger partial charge in [-0.2, -0.15) is 4.80 Å². The van der Waals surface area contributed by atoms with Crippen LogP contribution in [0.3, 0.4) is 0 Å². The van der Waals surface area contributed by atoms with Gasteiger partial charge in [-0.05, 0) is 35.9 Å². The monoisotopic (exact) mass is 291 g/mol. The Bertz CT molecular complexity index is 609. The predicted molar refractivity (Wildman–Crippen MR) is 74.1 cm³/mol. The van der Waals surface area contributed by atoms with E-state index in [0.717, 1.165) is 18.5 Å². The summed E-state index contributed by atoms with van der Waals surface area (Å²) in [6.45, 7) is 2.03. The molecule has 1 aromatic carbocycles. The molecule has 1 aliphatic rings. The zero-order valence-corrected chi connectivity index (χ0v) is 11.6. The van der Waals surface area contributed by atoms with Crippen molar-refractivity contribution in [3.63, 3.8) is 0 Å². The standard InChI is InChI=1S/C13H14ClN5O/c14-11-5-3-10(4-6-11)13-15-17-19(16-13)9-8-18-7-1-2-12(18)20/h3-6H,1-2,7-9H2. The smallest absolute Gasteiger partial charge is 0.222 e. The molecule has 0 saturated carbocycles. The molecule has 2 heterocycles. The van der Waals surface area contributed by atoms with Crippen LogP contribution in [0.25, 0.3) is 11.4 Å². The number of halogens is 1. The number of likely N-dealkylation sites (tertiary alicyclic amines) is 1. The van der Waals surface area contributed by atoms with Crippen LogP contribution in [0.15, 0.2) is 24.3 Å². The van der Waals surface area contributed by atoms with E-state index < -0.39 is 0 Å². The van der Waals surface area contributed by atoms with Gasteiger partial charge in [0.15, 0.2) is 0 Å². The quantitative estimate of drug-likeness (QED) is 0.858. The molecule has 0 atom stereocenters. The lowest BCUT2D eigenvalue weighted by Crippen LogP contribution is -2.29. The highest BCUT2D eigenvalue weighted by atomic mass is 35.5. The SMILES string of the molecule is O=C1CCCN1CCn1nnc(-c2ccc(Cl)cc2)n1. The minimum absolute atomic E-state index is 0.211. The van der Waals surface area contributed by atoms with Crippen molar-refractivity contribution in [3.8, 4) is 11.4 Å². The van der Waals surface area contributed by atoms with Crippen LogP contribution in [0.5, 0.6) is 0 Å². The van der Waals surface area contributed by atoms with Crippen LogP contribution in [-0.4, -0.2) is 44.1 Å². The molecule has 2 aromatic rings. The number of carbonyl (C=O) groups excluding carboxylic acids is 1. The maximum atomic E-state index is 11.5. The number of hydrogen-bond donors (Lipinski definition) is 0. The summed E-state index contributed by atoms with van der Waals surface area (Å²) in [6.07, 6.45) is 1.60. The first-order valence-corrected chi connectivity index (χ1v) is 6.92. The molecular formula is C13H14ClN5O. The zero-order valence-electron chi connectivity index (χ0n) is 10.9. The number of nitrogens with zero attached hydrogens (tertiary/aromatic N) is 5. The molecule has 0 spiro atoms. The van der Waals surface area contributed by atoms with E-state index in [9.17, 15) is 4.79 Å². The van der Waals surface area contributed by atoms with Gasteiger partial charge in [0.05, 0.1) is 6.54 Å². The Kier molecular flexibility index (Phi) is 3.64. The van der Waals surface area contributed by atoms with Crippen LogP contribution in [-0.2, 0) is 11.3 Å². The Hall–Kier alpha value is -1.95. The van der Waals surface area contributed by atoms with E-state index in [-0.39, 0.29) is 5.91 Å². The van der Waals surface area contributed by atoms with E-state index in [0.29, 0.717) is 30.4 Å². The fourth-order valence-electron chi connectivity index (χ4n) is 2.20. The van der Waals surface area contributed by atoms with Crippen LogP contribution in [0.2, 0.25) is 5.02 Å². The van der Waals surface area contributed by atoms with Gasteiger partial charge in [0.1, 0.15) is 0 Å². The molecular weight excluding hydrogens is 278 g/mol. The Morgan fingerprint density at radius 2 is 2.00 bits per heavy atom. The lowest BCUT2D eigenvalue weighted by molar-refractivity contribution is -0.127. The van der Waals surface area contributed by atoms with Gasteiger partial charge in [-0.25, -0.2) is 0 Å². The van der Waals surface area contributed by atoms with Gasteiger partial charge >= 0.3 is 0 Å².